The van der Waals surface area contributed by atoms with E-state index in [0.29, 0.717) is 11.3 Å². The monoisotopic (exact) mass is 270 g/mol. The molecule has 2 rings (SSSR count). The number of anilines is 1. The molecule has 0 aliphatic carbocycles. The number of carbonyl (C=O) groups excluding carboxylic acids is 1. The van der Waals surface area contributed by atoms with Crippen LogP contribution in [-0.4, -0.2) is 21.6 Å². The molecule has 0 fully saturated rings. The highest BCUT2D eigenvalue weighted by atomic mass is 32.2. The highest BCUT2D eigenvalue weighted by Crippen LogP contribution is 2.14. The Morgan fingerprint density at radius 2 is 2.11 bits per heavy atom. The molecule has 1 N–H and O–H groups in total. The highest BCUT2D eigenvalue weighted by molar-refractivity contribution is 7.99. The van der Waals surface area contributed by atoms with Crippen LogP contribution in [0.25, 0.3) is 0 Å². The minimum absolute atomic E-state index is 0.117. The lowest BCUT2D eigenvalue weighted by atomic mass is 10.2. The largest absolute Gasteiger partial charge is 0.325 e. The number of aromatic nitrogens is 2. The van der Waals surface area contributed by atoms with Crippen LogP contribution in [0.5, 0.6) is 0 Å². The van der Waals surface area contributed by atoms with Gasteiger partial charge >= 0.3 is 0 Å². The van der Waals surface area contributed by atoms with Crippen molar-refractivity contribution in [3.8, 4) is 6.07 Å². The lowest BCUT2D eigenvalue weighted by Gasteiger charge is -2.04. The molecular weight excluding hydrogens is 260 g/mol. The Balaban J connectivity index is 1.86. The summed E-state index contributed by atoms with van der Waals surface area (Å²) in [6.45, 7) is 0. The van der Waals surface area contributed by atoms with Gasteiger partial charge in [0.25, 0.3) is 0 Å². The molecule has 0 radical (unpaired) electrons. The van der Waals surface area contributed by atoms with Crippen LogP contribution in [0.4, 0.5) is 5.69 Å². The van der Waals surface area contributed by atoms with Crippen molar-refractivity contribution < 1.29 is 4.79 Å². The first-order valence-corrected chi connectivity index (χ1v) is 6.45. The lowest BCUT2D eigenvalue weighted by Crippen LogP contribution is -2.14. The van der Waals surface area contributed by atoms with E-state index in [1.54, 1.807) is 36.5 Å². The zero-order valence-corrected chi connectivity index (χ0v) is 10.7. The fourth-order valence-electron chi connectivity index (χ4n) is 1.33. The average molecular weight is 270 g/mol. The van der Waals surface area contributed by atoms with Gasteiger partial charge in [-0.15, -0.1) is 0 Å². The summed E-state index contributed by atoms with van der Waals surface area (Å²) in [5.41, 5.74) is 1.24. The quantitative estimate of drug-likeness (QED) is 0.679. The van der Waals surface area contributed by atoms with Gasteiger partial charge in [0.05, 0.1) is 22.4 Å². The molecule has 2 aromatic rings. The van der Waals surface area contributed by atoms with Crippen LogP contribution < -0.4 is 5.32 Å². The summed E-state index contributed by atoms with van der Waals surface area (Å²) in [4.78, 5) is 19.5. The van der Waals surface area contributed by atoms with Crippen LogP contribution in [0.3, 0.4) is 0 Å². The van der Waals surface area contributed by atoms with E-state index in [0.717, 1.165) is 5.03 Å². The summed E-state index contributed by atoms with van der Waals surface area (Å²) in [5.74, 6) is 0.158. The number of nitriles is 1. The molecule has 0 spiro atoms. The summed E-state index contributed by atoms with van der Waals surface area (Å²) in [5, 5.41) is 12.2. The van der Waals surface area contributed by atoms with Crippen molar-refractivity contribution in [3.63, 3.8) is 0 Å². The molecule has 1 aromatic heterocycles. The number of carbonyl (C=O) groups is 1. The number of hydrogen-bond acceptors (Lipinski definition) is 5. The van der Waals surface area contributed by atoms with Gasteiger partial charge in [0.15, 0.2) is 0 Å². The van der Waals surface area contributed by atoms with Gasteiger partial charge in [-0.25, -0.2) is 9.97 Å². The lowest BCUT2D eigenvalue weighted by molar-refractivity contribution is -0.113. The van der Waals surface area contributed by atoms with E-state index in [2.05, 4.69) is 15.3 Å². The van der Waals surface area contributed by atoms with Gasteiger partial charge < -0.3 is 5.32 Å². The summed E-state index contributed by atoms with van der Waals surface area (Å²) in [6, 6.07) is 10.5. The SMILES string of the molecule is N#Cc1ccc(NC(=O)CSc2ccncn2)cc1. The Hall–Kier alpha value is -2.39. The average Bonchev–Trinajstić information content (AvgIpc) is 2.47. The maximum Gasteiger partial charge on any atom is 0.234 e. The molecule has 19 heavy (non-hydrogen) atoms. The minimum Gasteiger partial charge on any atom is -0.325 e. The summed E-state index contributed by atoms with van der Waals surface area (Å²) >= 11 is 1.34. The van der Waals surface area contributed by atoms with Crippen molar-refractivity contribution >= 4 is 23.4 Å². The van der Waals surface area contributed by atoms with Crippen molar-refractivity contribution in [3.05, 3.63) is 48.4 Å². The predicted octanol–water partition coefficient (Wildman–Crippen LogP) is 2.08. The predicted molar refractivity (Wildman–Crippen MR) is 72.5 cm³/mol. The molecule has 0 unspecified atom stereocenters. The molecule has 0 saturated heterocycles. The number of hydrogen-bond donors (Lipinski definition) is 1. The third-order valence-electron chi connectivity index (χ3n) is 2.20. The van der Waals surface area contributed by atoms with Crippen LogP contribution in [0.2, 0.25) is 0 Å². The van der Waals surface area contributed by atoms with E-state index >= 15 is 0 Å². The van der Waals surface area contributed by atoms with E-state index in [1.165, 1.54) is 18.1 Å². The van der Waals surface area contributed by atoms with E-state index in [4.69, 9.17) is 5.26 Å². The second-order valence-corrected chi connectivity index (χ2v) is 4.57. The van der Waals surface area contributed by atoms with E-state index < -0.39 is 0 Å². The maximum absolute atomic E-state index is 11.7. The molecule has 0 atom stereocenters. The molecule has 1 aromatic carbocycles. The van der Waals surface area contributed by atoms with Crippen LogP contribution in [0.15, 0.2) is 47.9 Å². The molecule has 0 bridgehead atoms. The zero-order chi connectivity index (χ0) is 13.5. The number of thioether (sulfide) groups is 1. The summed E-state index contributed by atoms with van der Waals surface area (Å²) in [7, 11) is 0. The molecular formula is C13H10N4OS. The maximum atomic E-state index is 11.7. The van der Waals surface area contributed by atoms with Crippen LogP contribution >= 0.6 is 11.8 Å². The standard InChI is InChI=1S/C13H10N4OS/c14-7-10-1-3-11(4-2-10)17-12(18)8-19-13-5-6-15-9-16-13/h1-6,9H,8H2,(H,17,18). The summed E-state index contributed by atoms with van der Waals surface area (Å²) in [6.07, 6.45) is 3.08. The first-order valence-electron chi connectivity index (χ1n) is 5.47. The topological polar surface area (TPSA) is 78.7 Å². The molecule has 0 aliphatic rings. The Kier molecular flexibility index (Phi) is 4.48. The number of nitrogens with one attached hydrogen (secondary N) is 1. The van der Waals surface area contributed by atoms with E-state index in [1.807, 2.05) is 6.07 Å². The van der Waals surface area contributed by atoms with E-state index in [9.17, 15) is 4.79 Å². The Morgan fingerprint density at radius 1 is 1.32 bits per heavy atom. The minimum atomic E-state index is -0.117. The van der Waals surface area contributed by atoms with Gasteiger partial charge in [0.1, 0.15) is 6.33 Å². The molecule has 94 valence electrons. The fraction of sp³-hybridized carbons (Fsp3) is 0.0769. The number of amides is 1. The third-order valence-corrected chi connectivity index (χ3v) is 3.15. The van der Waals surface area contributed by atoms with Crippen molar-refractivity contribution in [1.29, 1.82) is 5.26 Å². The Labute approximate surface area is 114 Å². The second-order valence-electron chi connectivity index (χ2n) is 3.57. The van der Waals surface area contributed by atoms with Crippen molar-refractivity contribution in [2.45, 2.75) is 5.03 Å². The van der Waals surface area contributed by atoms with Crippen LogP contribution in [-0.2, 0) is 4.79 Å². The molecule has 6 heteroatoms. The van der Waals surface area contributed by atoms with Crippen LogP contribution in [0.1, 0.15) is 5.56 Å². The Bertz CT molecular complexity index is 592. The fourth-order valence-corrected chi connectivity index (χ4v) is 1.96. The third kappa shape index (κ3) is 4.08. The number of rotatable bonds is 4. The number of benzene rings is 1. The van der Waals surface area contributed by atoms with E-state index in [-0.39, 0.29) is 11.7 Å². The van der Waals surface area contributed by atoms with Gasteiger partial charge in [-0.05, 0) is 30.3 Å². The highest BCUT2D eigenvalue weighted by Gasteiger charge is 2.04. The smallest absolute Gasteiger partial charge is 0.234 e. The van der Waals surface area contributed by atoms with Gasteiger partial charge in [-0.1, -0.05) is 11.8 Å². The first-order chi connectivity index (χ1) is 9.28. The van der Waals surface area contributed by atoms with Crippen molar-refractivity contribution in [2.75, 3.05) is 11.1 Å². The summed E-state index contributed by atoms with van der Waals surface area (Å²) < 4.78 is 0. The van der Waals surface area contributed by atoms with Crippen molar-refractivity contribution in [1.82, 2.24) is 9.97 Å². The van der Waals surface area contributed by atoms with Crippen LogP contribution in [0, 0.1) is 11.3 Å². The second kappa shape index (κ2) is 6.52. The Morgan fingerprint density at radius 3 is 2.74 bits per heavy atom. The van der Waals surface area contributed by atoms with Gasteiger partial charge in [0.2, 0.25) is 5.91 Å². The first kappa shape index (κ1) is 13.1. The van der Waals surface area contributed by atoms with Crippen molar-refractivity contribution in [2.24, 2.45) is 0 Å². The zero-order valence-electron chi connectivity index (χ0n) is 9.91. The molecule has 5 nitrogen and oxygen atoms in total. The normalized spacial score (nSPS) is 9.63. The molecule has 1 amide bonds. The molecule has 0 saturated carbocycles. The molecule has 0 aliphatic heterocycles. The van der Waals surface area contributed by atoms with Gasteiger partial charge in [0, 0.05) is 11.9 Å². The van der Waals surface area contributed by atoms with Gasteiger partial charge in [-0.3, -0.25) is 4.79 Å². The number of nitrogens with zero attached hydrogens (tertiary/aromatic N) is 3. The van der Waals surface area contributed by atoms with Gasteiger partial charge in [-0.2, -0.15) is 5.26 Å². The molecule has 1 heterocycles.